The average molecular weight is 410 g/mol. The summed E-state index contributed by atoms with van der Waals surface area (Å²) >= 11 is 1.61. The minimum atomic E-state index is -0.423. The summed E-state index contributed by atoms with van der Waals surface area (Å²) in [7, 11) is 0. The topological polar surface area (TPSA) is 73.2 Å². The third kappa shape index (κ3) is 3.96. The monoisotopic (exact) mass is 409 g/mol. The molecule has 4 rings (SSSR count). The molecule has 2 heterocycles. The van der Waals surface area contributed by atoms with Gasteiger partial charge < -0.3 is 10.1 Å². The van der Waals surface area contributed by atoms with E-state index in [-0.39, 0.29) is 12.5 Å². The Labute approximate surface area is 173 Å². The van der Waals surface area contributed by atoms with Crippen molar-refractivity contribution in [3.63, 3.8) is 0 Å². The van der Waals surface area contributed by atoms with E-state index in [2.05, 4.69) is 10.4 Å². The second-order valence-electron chi connectivity index (χ2n) is 7.18. The molecular weight excluding hydrogens is 386 g/mol. The molecule has 0 saturated carbocycles. The predicted octanol–water partition coefficient (Wildman–Crippen LogP) is 4.22. The van der Waals surface area contributed by atoms with Crippen LogP contribution in [-0.4, -0.2) is 28.3 Å². The summed E-state index contributed by atoms with van der Waals surface area (Å²) in [6.45, 7) is 3.41. The van der Waals surface area contributed by atoms with Gasteiger partial charge in [-0.25, -0.2) is 9.48 Å². The fourth-order valence-corrected chi connectivity index (χ4v) is 4.81. The Morgan fingerprint density at radius 3 is 2.72 bits per heavy atom. The molecule has 1 N–H and O–H groups in total. The van der Waals surface area contributed by atoms with Crippen LogP contribution in [0, 0.1) is 13.8 Å². The number of ether oxygens (including phenoxy) is 1. The molecule has 0 bridgehead atoms. The van der Waals surface area contributed by atoms with E-state index in [0.29, 0.717) is 16.9 Å². The van der Waals surface area contributed by atoms with Crippen LogP contribution in [0.1, 0.15) is 45.0 Å². The lowest BCUT2D eigenvalue weighted by atomic mass is 9.96. The number of esters is 1. The molecule has 0 fully saturated rings. The van der Waals surface area contributed by atoms with Crippen LogP contribution in [0.3, 0.4) is 0 Å². The maximum atomic E-state index is 12.4. The predicted molar refractivity (Wildman–Crippen MR) is 113 cm³/mol. The zero-order valence-corrected chi connectivity index (χ0v) is 17.3. The van der Waals surface area contributed by atoms with Crippen molar-refractivity contribution in [2.75, 3.05) is 11.9 Å². The Hall–Kier alpha value is -2.93. The molecule has 6 nitrogen and oxygen atoms in total. The molecule has 150 valence electrons. The lowest BCUT2D eigenvalue weighted by Crippen LogP contribution is -2.22. The average Bonchev–Trinajstić information content (AvgIpc) is 3.29. The standard InChI is InChI=1S/C22H23N3O3S/c1-14-21(15(2)25(24-14)16-8-4-3-5-9-16)23-20(26)12-28-22(27)18-13-29-19-11-7-6-10-17(18)19/h3-5,8-9,13H,6-7,10-12H2,1-2H3,(H,23,26). The van der Waals surface area contributed by atoms with Gasteiger partial charge in [0.1, 0.15) is 0 Å². The number of aryl methyl sites for hydroxylation is 2. The number of aromatic nitrogens is 2. The highest BCUT2D eigenvalue weighted by Gasteiger charge is 2.22. The van der Waals surface area contributed by atoms with E-state index in [0.717, 1.165) is 36.2 Å². The third-order valence-electron chi connectivity index (χ3n) is 5.17. The van der Waals surface area contributed by atoms with Gasteiger partial charge in [-0.05, 0) is 57.2 Å². The lowest BCUT2D eigenvalue weighted by molar-refractivity contribution is -0.119. The number of fused-ring (bicyclic) bond motifs is 1. The Kier molecular flexibility index (Phi) is 5.49. The van der Waals surface area contributed by atoms with E-state index >= 15 is 0 Å². The number of anilines is 1. The number of hydrogen-bond acceptors (Lipinski definition) is 5. The van der Waals surface area contributed by atoms with Crippen LogP contribution in [0.15, 0.2) is 35.7 Å². The number of rotatable bonds is 5. The minimum Gasteiger partial charge on any atom is -0.452 e. The molecule has 1 amide bonds. The molecule has 0 atom stereocenters. The Morgan fingerprint density at radius 2 is 1.93 bits per heavy atom. The summed E-state index contributed by atoms with van der Waals surface area (Å²) < 4.78 is 7.07. The molecule has 2 aromatic heterocycles. The highest BCUT2D eigenvalue weighted by Crippen LogP contribution is 2.30. The smallest absolute Gasteiger partial charge is 0.339 e. The van der Waals surface area contributed by atoms with Crippen molar-refractivity contribution in [2.24, 2.45) is 0 Å². The lowest BCUT2D eigenvalue weighted by Gasteiger charge is -2.12. The number of benzene rings is 1. The molecule has 1 aromatic carbocycles. The fourth-order valence-electron chi connectivity index (χ4n) is 3.69. The minimum absolute atomic E-state index is 0.321. The summed E-state index contributed by atoms with van der Waals surface area (Å²) in [6.07, 6.45) is 4.19. The van der Waals surface area contributed by atoms with Crippen LogP contribution >= 0.6 is 11.3 Å². The van der Waals surface area contributed by atoms with Crippen molar-refractivity contribution in [3.8, 4) is 5.69 Å². The number of para-hydroxylation sites is 1. The molecule has 0 spiro atoms. The summed E-state index contributed by atoms with van der Waals surface area (Å²) in [5.74, 6) is -0.797. The van der Waals surface area contributed by atoms with Crippen molar-refractivity contribution in [1.29, 1.82) is 0 Å². The van der Waals surface area contributed by atoms with Gasteiger partial charge in [0.2, 0.25) is 0 Å². The quantitative estimate of drug-likeness (QED) is 0.640. The number of hydrogen-bond donors (Lipinski definition) is 1. The maximum absolute atomic E-state index is 12.4. The van der Waals surface area contributed by atoms with Gasteiger partial charge in [-0.15, -0.1) is 11.3 Å². The number of nitrogens with zero attached hydrogens (tertiary/aromatic N) is 2. The van der Waals surface area contributed by atoms with E-state index in [9.17, 15) is 9.59 Å². The Morgan fingerprint density at radius 1 is 1.17 bits per heavy atom. The van der Waals surface area contributed by atoms with Crippen LogP contribution in [0.4, 0.5) is 5.69 Å². The van der Waals surface area contributed by atoms with Gasteiger partial charge in [0.25, 0.3) is 5.91 Å². The van der Waals surface area contributed by atoms with Crippen molar-refractivity contribution in [3.05, 3.63) is 63.1 Å². The molecular formula is C22H23N3O3S. The first-order valence-electron chi connectivity index (χ1n) is 9.72. The number of thiophene rings is 1. The molecule has 7 heteroatoms. The first kappa shape index (κ1) is 19.4. The van der Waals surface area contributed by atoms with E-state index < -0.39 is 5.97 Å². The van der Waals surface area contributed by atoms with Gasteiger partial charge in [0, 0.05) is 10.3 Å². The first-order valence-corrected chi connectivity index (χ1v) is 10.6. The number of amides is 1. The van der Waals surface area contributed by atoms with Gasteiger partial charge in [-0.2, -0.15) is 5.10 Å². The van der Waals surface area contributed by atoms with Gasteiger partial charge in [-0.3, -0.25) is 4.79 Å². The summed E-state index contributed by atoms with van der Waals surface area (Å²) in [5.41, 5.74) is 4.80. The molecule has 3 aromatic rings. The second-order valence-corrected chi connectivity index (χ2v) is 8.14. The summed E-state index contributed by atoms with van der Waals surface area (Å²) in [4.78, 5) is 26.1. The zero-order chi connectivity index (χ0) is 20.4. The van der Waals surface area contributed by atoms with Gasteiger partial charge >= 0.3 is 5.97 Å². The van der Waals surface area contributed by atoms with E-state index in [4.69, 9.17) is 4.74 Å². The van der Waals surface area contributed by atoms with E-state index in [1.165, 1.54) is 11.3 Å². The Balaban J connectivity index is 1.41. The number of carbonyl (C=O) groups is 2. The number of carbonyl (C=O) groups excluding carboxylic acids is 2. The Bertz CT molecular complexity index is 1050. The largest absolute Gasteiger partial charge is 0.452 e. The van der Waals surface area contributed by atoms with Crippen LogP contribution in [-0.2, 0) is 22.4 Å². The van der Waals surface area contributed by atoms with Crippen molar-refractivity contribution >= 4 is 28.9 Å². The highest BCUT2D eigenvalue weighted by atomic mass is 32.1. The number of nitrogens with one attached hydrogen (secondary N) is 1. The van der Waals surface area contributed by atoms with Gasteiger partial charge in [-0.1, -0.05) is 18.2 Å². The maximum Gasteiger partial charge on any atom is 0.339 e. The van der Waals surface area contributed by atoms with E-state index in [1.54, 1.807) is 16.0 Å². The second kappa shape index (κ2) is 8.21. The van der Waals surface area contributed by atoms with Gasteiger partial charge in [0.05, 0.1) is 28.3 Å². The zero-order valence-electron chi connectivity index (χ0n) is 16.5. The molecule has 0 aliphatic heterocycles. The van der Waals surface area contributed by atoms with Crippen molar-refractivity contribution in [1.82, 2.24) is 9.78 Å². The molecule has 29 heavy (non-hydrogen) atoms. The van der Waals surface area contributed by atoms with Crippen LogP contribution < -0.4 is 5.32 Å². The van der Waals surface area contributed by atoms with Crippen LogP contribution in [0.5, 0.6) is 0 Å². The summed E-state index contributed by atoms with van der Waals surface area (Å²) in [6, 6.07) is 9.72. The first-order chi connectivity index (χ1) is 14.0. The normalized spacial score (nSPS) is 13.0. The molecule has 1 aliphatic carbocycles. The van der Waals surface area contributed by atoms with Crippen molar-refractivity contribution in [2.45, 2.75) is 39.5 Å². The van der Waals surface area contributed by atoms with Crippen LogP contribution in [0.25, 0.3) is 5.69 Å². The van der Waals surface area contributed by atoms with Crippen molar-refractivity contribution < 1.29 is 14.3 Å². The van der Waals surface area contributed by atoms with Crippen LogP contribution in [0.2, 0.25) is 0 Å². The highest BCUT2D eigenvalue weighted by molar-refractivity contribution is 7.10. The fraction of sp³-hybridized carbons (Fsp3) is 0.318. The molecule has 0 saturated heterocycles. The third-order valence-corrected chi connectivity index (χ3v) is 6.26. The van der Waals surface area contributed by atoms with Gasteiger partial charge in [0.15, 0.2) is 6.61 Å². The molecule has 0 radical (unpaired) electrons. The molecule has 1 aliphatic rings. The van der Waals surface area contributed by atoms with E-state index in [1.807, 2.05) is 49.6 Å². The molecule has 0 unspecified atom stereocenters. The summed E-state index contributed by atoms with van der Waals surface area (Å²) in [5, 5.41) is 9.20. The SMILES string of the molecule is Cc1nn(-c2ccccc2)c(C)c1NC(=O)COC(=O)c1csc2c1CCCC2.